The first-order chi connectivity index (χ1) is 10.6. The number of amides is 2. The van der Waals surface area contributed by atoms with Crippen molar-refractivity contribution in [3.8, 4) is 0 Å². The molecule has 2 heterocycles. The van der Waals surface area contributed by atoms with E-state index < -0.39 is 0 Å². The van der Waals surface area contributed by atoms with Crippen LogP contribution in [0.5, 0.6) is 0 Å². The lowest BCUT2D eigenvalue weighted by molar-refractivity contribution is 0.160. The van der Waals surface area contributed by atoms with Crippen molar-refractivity contribution in [2.45, 2.75) is 26.3 Å². The van der Waals surface area contributed by atoms with Gasteiger partial charge in [0.05, 0.1) is 12.6 Å². The number of anilines is 1. The first-order valence-electron chi connectivity index (χ1n) is 7.82. The topological polar surface area (TPSA) is 57.7 Å². The molecule has 0 saturated carbocycles. The Morgan fingerprint density at radius 2 is 2.23 bits per heavy atom. The van der Waals surface area contributed by atoms with Crippen LogP contribution < -0.4 is 10.2 Å². The second-order valence-corrected chi connectivity index (χ2v) is 5.79. The Balaban J connectivity index is 1.91. The molecule has 0 aliphatic carbocycles. The average Bonchev–Trinajstić information content (AvgIpc) is 2.73. The van der Waals surface area contributed by atoms with Crippen molar-refractivity contribution in [2.75, 3.05) is 44.8 Å². The number of aromatic nitrogens is 1. The highest BCUT2D eigenvalue weighted by Crippen LogP contribution is 2.16. The quantitative estimate of drug-likeness (QED) is 0.919. The first-order valence-corrected chi connectivity index (χ1v) is 7.82. The molecule has 6 nitrogen and oxygen atoms in total. The van der Waals surface area contributed by atoms with E-state index in [1.807, 2.05) is 31.0 Å². The van der Waals surface area contributed by atoms with Gasteiger partial charge in [-0.15, -0.1) is 0 Å². The number of urea groups is 1. The molecule has 0 spiro atoms. The van der Waals surface area contributed by atoms with Gasteiger partial charge in [0.25, 0.3) is 0 Å². The van der Waals surface area contributed by atoms with E-state index in [9.17, 15) is 4.79 Å². The van der Waals surface area contributed by atoms with Crippen LogP contribution >= 0.6 is 0 Å². The molecule has 0 unspecified atom stereocenters. The van der Waals surface area contributed by atoms with Gasteiger partial charge in [-0.3, -0.25) is 4.98 Å². The minimum atomic E-state index is -0.00249. The summed E-state index contributed by atoms with van der Waals surface area (Å²) in [7, 11) is 1.64. The number of nitrogens with zero attached hydrogens (tertiary/aromatic N) is 3. The summed E-state index contributed by atoms with van der Waals surface area (Å²) < 4.78 is 5.06. The van der Waals surface area contributed by atoms with Gasteiger partial charge >= 0.3 is 6.03 Å². The number of aryl methyl sites for hydroxylation is 1. The van der Waals surface area contributed by atoms with Crippen molar-refractivity contribution < 1.29 is 9.53 Å². The lowest BCUT2D eigenvalue weighted by atomic mass is 10.3. The largest absolute Gasteiger partial charge is 0.383 e. The predicted octanol–water partition coefficient (Wildman–Crippen LogP) is 1.65. The van der Waals surface area contributed by atoms with Gasteiger partial charge in [0, 0.05) is 50.9 Å². The number of hydrogen-bond donors (Lipinski definition) is 1. The van der Waals surface area contributed by atoms with Crippen molar-refractivity contribution in [3.63, 3.8) is 0 Å². The number of carbonyl (C=O) groups is 1. The Labute approximate surface area is 132 Å². The molecular weight excluding hydrogens is 280 g/mol. The first kappa shape index (κ1) is 16.5. The lowest BCUT2D eigenvalue weighted by Gasteiger charge is -2.25. The zero-order valence-electron chi connectivity index (χ0n) is 13.7. The van der Waals surface area contributed by atoms with Crippen LogP contribution in [0.25, 0.3) is 0 Å². The van der Waals surface area contributed by atoms with Crippen LogP contribution in [0.1, 0.15) is 19.0 Å². The number of nitrogens with one attached hydrogen (secondary N) is 1. The molecule has 1 aromatic rings. The number of hydrogen-bond acceptors (Lipinski definition) is 4. The standard InChI is InChI=1S/C16H26N4O2/c1-13-11-15(5-6-17-13)19-7-4-8-20(10-9-19)16(21)18-14(2)12-22-3/h5-6,11,14H,4,7-10,12H2,1-3H3,(H,18,21)/t14-/m0/s1. The molecular formula is C16H26N4O2. The van der Waals surface area contributed by atoms with Gasteiger partial charge in [0.15, 0.2) is 0 Å². The van der Waals surface area contributed by atoms with Gasteiger partial charge in [0.1, 0.15) is 0 Å². The molecule has 6 heteroatoms. The van der Waals surface area contributed by atoms with Crippen LogP contribution in [0.2, 0.25) is 0 Å². The zero-order valence-corrected chi connectivity index (χ0v) is 13.7. The van der Waals surface area contributed by atoms with Gasteiger partial charge in [-0.2, -0.15) is 0 Å². The van der Waals surface area contributed by atoms with Crippen molar-refractivity contribution in [2.24, 2.45) is 0 Å². The van der Waals surface area contributed by atoms with Crippen molar-refractivity contribution in [1.29, 1.82) is 0 Å². The van der Waals surface area contributed by atoms with E-state index in [1.54, 1.807) is 7.11 Å². The van der Waals surface area contributed by atoms with Gasteiger partial charge in [0.2, 0.25) is 0 Å². The fraction of sp³-hybridized carbons (Fsp3) is 0.625. The maximum atomic E-state index is 12.3. The summed E-state index contributed by atoms with van der Waals surface area (Å²) in [5.41, 5.74) is 2.20. The normalized spacial score (nSPS) is 17.0. The molecule has 1 aliphatic rings. The van der Waals surface area contributed by atoms with Gasteiger partial charge in [-0.05, 0) is 32.4 Å². The molecule has 122 valence electrons. The summed E-state index contributed by atoms with van der Waals surface area (Å²) in [5, 5.41) is 2.98. The number of rotatable bonds is 4. The second-order valence-electron chi connectivity index (χ2n) is 5.79. The highest BCUT2D eigenvalue weighted by molar-refractivity contribution is 5.74. The monoisotopic (exact) mass is 306 g/mol. The van der Waals surface area contributed by atoms with Gasteiger partial charge in [-0.25, -0.2) is 4.79 Å². The number of methoxy groups -OCH3 is 1. The Morgan fingerprint density at radius 3 is 2.95 bits per heavy atom. The van der Waals surface area contributed by atoms with E-state index in [1.165, 1.54) is 5.69 Å². The molecule has 0 bridgehead atoms. The number of carbonyl (C=O) groups excluding carboxylic acids is 1. The molecule has 1 aromatic heterocycles. The summed E-state index contributed by atoms with van der Waals surface area (Å²) in [6.07, 6.45) is 2.81. The van der Waals surface area contributed by atoms with E-state index >= 15 is 0 Å². The maximum absolute atomic E-state index is 12.3. The highest BCUT2D eigenvalue weighted by Gasteiger charge is 2.20. The Hall–Kier alpha value is -1.82. The van der Waals surface area contributed by atoms with Crippen molar-refractivity contribution in [3.05, 3.63) is 24.0 Å². The Morgan fingerprint density at radius 1 is 1.41 bits per heavy atom. The average molecular weight is 306 g/mol. The molecule has 0 radical (unpaired) electrons. The minimum Gasteiger partial charge on any atom is -0.383 e. The van der Waals surface area contributed by atoms with E-state index in [0.29, 0.717) is 6.61 Å². The van der Waals surface area contributed by atoms with Crippen LogP contribution in [0.3, 0.4) is 0 Å². The highest BCUT2D eigenvalue weighted by atomic mass is 16.5. The van der Waals surface area contributed by atoms with Crippen LogP contribution in [0.15, 0.2) is 18.3 Å². The van der Waals surface area contributed by atoms with Crippen molar-refractivity contribution in [1.82, 2.24) is 15.2 Å². The zero-order chi connectivity index (χ0) is 15.9. The van der Waals surface area contributed by atoms with Crippen LogP contribution in [0.4, 0.5) is 10.5 Å². The fourth-order valence-corrected chi connectivity index (χ4v) is 2.70. The molecule has 1 N–H and O–H groups in total. The maximum Gasteiger partial charge on any atom is 0.317 e. The van der Waals surface area contributed by atoms with E-state index in [0.717, 1.165) is 38.3 Å². The van der Waals surface area contributed by atoms with E-state index in [-0.39, 0.29) is 12.1 Å². The third-order valence-corrected chi connectivity index (χ3v) is 3.82. The summed E-state index contributed by atoms with van der Waals surface area (Å²) in [5.74, 6) is 0. The molecule has 1 saturated heterocycles. The van der Waals surface area contributed by atoms with Gasteiger partial charge in [-0.1, -0.05) is 0 Å². The summed E-state index contributed by atoms with van der Waals surface area (Å²) >= 11 is 0. The fourth-order valence-electron chi connectivity index (χ4n) is 2.70. The van der Waals surface area contributed by atoms with E-state index in [4.69, 9.17) is 4.74 Å². The molecule has 1 atom stereocenters. The summed E-state index contributed by atoms with van der Waals surface area (Å²) in [6, 6.07) is 4.15. The number of pyridine rings is 1. The molecule has 1 aliphatic heterocycles. The molecule has 22 heavy (non-hydrogen) atoms. The third-order valence-electron chi connectivity index (χ3n) is 3.82. The predicted molar refractivity (Wildman–Crippen MR) is 87.2 cm³/mol. The second kappa shape index (κ2) is 7.98. The van der Waals surface area contributed by atoms with Crippen LogP contribution in [0, 0.1) is 6.92 Å². The molecule has 0 aromatic carbocycles. The van der Waals surface area contributed by atoms with Crippen molar-refractivity contribution >= 4 is 11.7 Å². The summed E-state index contributed by atoms with van der Waals surface area (Å²) in [4.78, 5) is 20.7. The Bertz CT molecular complexity index is 495. The molecule has 1 fully saturated rings. The van der Waals surface area contributed by atoms with Crippen LogP contribution in [-0.2, 0) is 4.74 Å². The smallest absolute Gasteiger partial charge is 0.317 e. The minimum absolute atomic E-state index is 0.00249. The number of ether oxygens (including phenoxy) is 1. The van der Waals surface area contributed by atoms with Gasteiger partial charge < -0.3 is 19.9 Å². The SMILES string of the molecule is COC[C@H](C)NC(=O)N1CCCN(c2ccnc(C)c2)CC1. The Kier molecular flexibility index (Phi) is 6.00. The summed E-state index contributed by atoms with van der Waals surface area (Å²) in [6.45, 7) is 7.79. The third kappa shape index (κ3) is 4.59. The van der Waals surface area contributed by atoms with Crippen LogP contribution in [-0.4, -0.2) is 61.9 Å². The molecule has 2 amide bonds. The van der Waals surface area contributed by atoms with E-state index in [2.05, 4.69) is 21.3 Å². The molecule has 2 rings (SSSR count). The lowest BCUT2D eigenvalue weighted by Crippen LogP contribution is -2.46.